The molecule has 0 aliphatic heterocycles. The molecule has 0 fully saturated rings. The molecule has 0 unspecified atom stereocenters. The number of nitrogen functional groups attached to an aromatic ring is 1. The first-order chi connectivity index (χ1) is 4.63. The maximum atomic E-state index is 9.31. The van der Waals surface area contributed by atoms with Crippen LogP contribution in [0.4, 0.5) is 5.69 Å². The molecule has 0 radical (unpaired) electrons. The molecule has 0 amide bonds. The monoisotopic (exact) mass is 173 g/mol. The van der Waals surface area contributed by atoms with Crippen molar-refractivity contribution in [2.75, 3.05) is 5.73 Å². The van der Waals surface area contributed by atoms with Gasteiger partial charge < -0.3 is 10.8 Å². The second-order valence-corrected chi connectivity index (χ2v) is 2.45. The topological polar surface area (TPSA) is 46.2 Å². The van der Waals surface area contributed by atoms with Crippen molar-refractivity contribution in [3.63, 3.8) is 0 Å². The molecule has 0 aromatic heterocycles. The summed E-state index contributed by atoms with van der Waals surface area (Å²) in [4.78, 5) is 0. The zero-order chi connectivity index (χ0) is 7.72. The number of nitrogens with two attached hydrogens (primary N) is 1. The number of rotatable bonds is 0. The highest BCUT2D eigenvalue weighted by Gasteiger charge is 2.01. The number of phenols is 1. The van der Waals surface area contributed by atoms with E-state index < -0.39 is 0 Å². The standard InChI is InChI=1S/C8H11NO.ClH/c1-5-3-4-7(9)6(2)8(5)10;/h3-4,10H,9H2,1-2H3;1H. The van der Waals surface area contributed by atoms with Gasteiger partial charge >= 0.3 is 0 Å². The van der Waals surface area contributed by atoms with Gasteiger partial charge in [0.2, 0.25) is 0 Å². The van der Waals surface area contributed by atoms with Crippen LogP contribution in [0, 0.1) is 13.8 Å². The molecule has 0 spiro atoms. The Hall–Kier alpha value is -0.890. The molecule has 0 bridgehead atoms. The third kappa shape index (κ3) is 1.77. The molecule has 2 nitrogen and oxygen atoms in total. The van der Waals surface area contributed by atoms with Crippen LogP contribution in [0.25, 0.3) is 0 Å². The number of anilines is 1. The smallest absolute Gasteiger partial charge is 0.123 e. The summed E-state index contributed by atoms with van der Waals surface area (Å²) in [6.45, 7) is 3.65. The number of benzene rings is 1. The fourth-order valence-electron chi connectivity index (χ4n) is 0.851. The van der Waals surface area contributed by atoms with Crippen LogP contribution >= 0.6 is 12.4 Å². The zero-order valence-corrected chi connectivity index (χ0v) is 7.40. The third-order valence-electron chi connectivity index (χ3n) is 1.67. The second-order valence-electron chi connectivity index (χ2n) is 2.45. The van der Waals surface area contributed by atoms with Crippen LogP contribution in [0.5, 0.6) is 5.75 Å². The van der Waals surface area contributed by atoms with E-state index in [9.17, 15) is 5.11 Å². The number of halogens is 1. The van der Waals surface area contributed by atoms with Gasteiger partial charge in [0.25, 0.3) is 0 Å². The molecule has 11 heavy (non-hydrogen) atoms. The van der Waals surface area contributed by atoms with Crippen molar-refractivity contribution >= 4 is 18.1 Å². The van der Waals surface area contributed by atoms with E-state index in [1.165, 1.54) is 0 Å². The predicted octanol–water partition coefficient (Wildman–Crippen LogP) is 2.01. The van der Waals surface area contributed by atoms with Crippen molar-refractivity contribution in [3.05, 3.63) is 23.3 Å². The molecule has 0 aliphatic carbocycles. The Morgan fingerprint density at radius 1 is 1.27 bits per heavy atom. The van der Waals surface area contributed by atoms with Crippen molar-refractivity contribution in [3.8, 4) is 5.75 Å². The minimum atomic E-state index is 0. The molecular formula is C8H12ClNO. The lowest BCUT2D eigenvalue weighted by Gasteiger charge is -2.04. The molecule has 0 heterocycles. The Labute approximate surface area is 72.4 Å². The quantitative estimate of drug-likeness (QED) is 0.590. The van der Waals surface area contributed by atoms with Crippen LogP contribution in [-0.2, 0) is 0 Å². The highest BCUT2D eigenvalue weighted by atomic mass is 35.5. The molecule has 1 rings (SSSR count). The molecule has 62 valence electrons. The molecule has 3 N–H and O–H groups in total. The van der Waals surface area contributed by atoms with Gasteiger partial charge in [-0.05, 0) is 25.5 Å². The maximum Gasteiger partial charge on any atom is 0.123 e. The third-order valence-corrected chi connectivity index (χ3v) is 1.67. The molecule has 0 aliphatic rings. The van der Waals surface area contributed by atoms with Crippen LogP contribution in [0.1, 0.15) is 11.1 Å². The predicted molar refractivity (Wildman–Crippen MR) is 49.2 cm³/mol. The largest absolute Gasteiger partial charge is 0.507 e. The van der Waals surface area contributed by atoms with Crippen molar-refractivity contribution in [2.45, 2.75) is 13.8 Å². The Balaban J connectivity index is 0.000001000. The van der Waals surface area contributed by atoms with Gasteiger partial charge in [-0.1, -0.05) is 6.07 Å². The van der Waals surface area contributed by atoms with Gasteiger partial charge in [0.15, 0.2) is 0 Å². The van der Waals surface area contributed by atoms with Gasteiger partial charge in [0.1, 0.15) is 5.75 Å². The average Bonchev–Trinajstić information content (AvgIpc) is 1.93. The second kappa shape index (κ2) is 3.49. The summed E-state index contributed by atoms with van der Waals surface area (Å²) in [7, 11) is 0. The molecule has 3 heteroatoms. The van der Waals surface area contributed by atoms with Gasteiger partial charge in [0.05, 0.1) is 0 Å². The molecule has 0 atom stereocenters. The summed E-state index contributed by atoms with van der Waals surface area (Å²) in [6, 6.07) is 3.60. The fraction of sp³-hybridized carbons (Fsp3) is 0.250. The number of phenolic OH excluding ortho intramolecular Hbond substituents is 1. The van der Waals surface area contributed by atoms with Gasteiger partial charge in [-0.2, -0.15) is 0 Å². The number of aromatic hydroxyl groups is 1. The van der Waals surface area contributed by atoms with Gasteiger partial charge in [-0.25, -0.2) is 0 Å². The number of aryl methyl sites for hydroxylation is 1. The van der Waals surface area contributed by atoms with E-state index in [2.05, 4.69) is 0 Å². The van der Waals surface area contributed by atoms with Crippen molar-refractivity contribution < 1.29 is 5.11 Å². The maximum absolute atomic E-state index is 9.31. The normalized spacial score (nSPS) is 8.91. The lowest BCUT2D eigenvalue weighted by Crippen LogP contribution is -1.90. The number of hydrogen-bond donors (Lipinski definition) is 2. The van der Waals surface area contributed by atoms with E-state index >= 15 is 0 Å². The van der Waals surface area contributed by atoms with E-state index in [1.54, 1.807) is 19.1 Å². The first-order valence-electron chi connectivity index (χ1n) is 3.17. The fourth-order valence-corrected chi connectivity index (χ4v) is 0.851. The van der Waals surface area contributed by atoms with E-state index in [0.29, 0.717) is 11.4 Å². The Kier molecular flexibility index (Phi) is 3.20. The van der Waals surface area contributed by atoms with E-state index in [4.69, 9.17) is 5.73 Å². The summed E-state index contributed by atoms with van der Waals surface area (Å²) in [5, 5.41) is 9.31. The average molecular weight is 174 g/mol. The van der Waals surface area contributed by atoms with Gasteiger partial charge in [-0.3, -0.25) is 0 Å². The molecule has 0 saturated heterocycles. The first-order valence-corrected chi connectivity index (χ1v) is 3.17. The van der Waals surface area contributed by atoms with E-state index in [-0.39, 0.29) is 12.4 Å². The lowest BCUT2D eigenvalue weighted by atomic mass is 10.1. The van der Waals surface area contributed by atoms with E-state index in [1.807, 2.05) is 6.92 Å². The molecule has 1 aromatic rings. The van der Waals surface area contributed by atoms with Crippen LogP contribution in [0.3, 0.4) is 0 Å². The minimum absolute atomic E-state index is 0. The highest BCUT2D eigenvalue weighted by Crippen LogP contribution is 2.25. The first kappa shape index (κ1) is 10.1. The van der Waals surface area contributed by atoms with Crippen LogP contribution < -0.4 is 5.73 Å². The molecular weight excluding hydrogens is 162 g/mol. The van der Waals surface area contributed by atoms with Crippen molar-refractivity contribution in [1.29, 1.82) is 0 Å². The van der Waals surface area contributed by atoms with Gasteiger partial charge in [-0.15, -0.1) is 12.4 Å². The summed E-state index contributed by atoms with van der Waals surface area (Å²) in [5.41, 5.74) is 7.80. The van der Waals surface area contributed by atoms with Crippen LogP contribution in [0.15, 0.2) is 12.1 Å². The summed E-state index contributed by atoms with van der Waals surface area (Å²) < 4.78 is 0. The Morgan fingerprint density at radius 2 is 1.82 bits per heavy atom. The molecule has 1 aromatic carbocycles. The van der Waals surface area contributed by atoms with Gasteiger partial charge in [0, 0.05) is 11.3 Å². The lowest BCUT2D eigenvalue weighted by molar-refractivity contribution is 0.467. The van der Waals surface area contributed by atoms with Crippen molar-refractivity contribution in [2.24, 2.45) is 0 Å². The minimum Gasteiger partial charge on any atom is -0.507 e. The van der Waals surface area contributed by atoms with Crippen LogP contribution in [0.2, 0.25) is 0 Å². The summed E-state index contributed by atoms with van der Waals surface area (Å²) >= 11 is 0. The Morgan fingerprint density at radius 3 is 2.27 bits per heavy atom. The summed E-state index contributed by atoms with van der Waals surface area (Å²) in [5.74, 6) is 0.306. The highest BCUT2D eigenvalue weighted by molar-refractivity contribution is 5.85. The van der Waals surface area contributed by atoms with E-state index in [0.717, 1.165) is 11.1 Å². The Bertz CT molecular complexity index is 234. The number of hydrogen-bond acceptors (Lipinski definition) is 2. The summed E-state index contributed by atoms with van der Waals surface area (Å²) in [6.07, 6.45) is 0. The SMILES string of the molecule is Cc1ccc(N)c(C)c1O.Cl. The van der Waals surface area contributed by atoms with Crippen molar-refractivity contribution in [1.82, 2.24) is 0 Å². The molecule has 0 saturated carbocycles. The van der Waals surface area contributed by atoms with Crippen LogP contribution in [-0.4, -0.2) is 5.11 Å². The zero-order valence-electron chi connectivity index (χ0n) is 6.59.